The number of hydrogen-bond acceptors (Lipinski definition) is 2. The number of halogens is 1. The SMILES string of the molecule is CC(CC(=O)O)C1Cc2cc(F)ccc2N1. The molecule has 1 heterocycles. The molecule has 0 radical (unpaired) electrons. The summed E-state index contributed by atoms with van der Waals surface area (Å²) in [5.74, 6) is -1.00. The van der Waals surface area contributed by atoms with Gasteiger partial charge < -0.3 is 10.4 Å². The van der Waals surface area contributed by atoms with Crippen LogP contribution in [0.2, 0.25) is 0 Å². The van der Waals surface area contributed by atoms with Crippen LogP contribution in [0, 0.1) is 11.7 Å². The number of carboxylic acid groups (broad SMARTS) is 1. The molecule has 1 aliphatic rings. The summed E-state index contributed by atoms with van der Waals surface area (Å²) < 4.78 is 13.0. The van der Waals surface area contributed by atoms with Crippen LogP contribution < -0.4 is 5.32 Å². The molecule has 0 amide bonds. The monoisotopic (exact) mass is 223 g/mol. The van der Waals surface area contributed by atoms with Gasteiger partial charge in [0.2, 0.25) is 0 Å². The fraction of sp³-hybridized carbons (Fsp3) is 0.417. The first-order valence-electron chi connectivity index (χ1n) is 5.33. The molecular formula is C12H14FNO2. The molecule has 0 saturated heterocycles. The van der Waals surface area contributed by atoms with E-state index in [0.29, 0.717) is 6.42 Å². The molecule has 1 aromatic rings. The number of anilines is 1. The van der Waals surface area contributed by atoms with Crippen molar-refractivity contribution in [3.05, 3.63) is 29.6 Å². The highest BCUT2D eigenvalue weighted by atomic mass is 19.1. The van der Waals surface area contributed by atoms with Gasteiger partial charge in [0.1, 0.15) is 5.82 Å². The van der Waals surface area contributed by atoms with E-state index in [9.17, 15) is 9.18 Å². The fourth-order valence-corrected chi connectivity index (χ4v) is 2.12. The molecule has 16 heavy (non-hydrogen) atoms. The van der Waals surface area contributed by atoms with Gasteiger partial charge in [0, 0.05) is 18.2 Å². The molecule has 0 aromatic heterocycles. The van der Waals surface area contributed by atoms with Gasteiger partial charge in [-0.05, 0) is 36.1 Å². The number of carbonyl (C=O) groups is 1. The second-order valence-electron chi connectivity index (χ2n) is 4.33. The molecule has 3 nitrogen and oxygen atoms in total. The van der Waals surface area contributed by atoms with E-state index in [2.05, 4.69) is 5.32 Å². The van der Waals surface area contributed by atoms with Crippen LogP contribution >= 0.6 is 0 Å². The number of hydrogen-bond donors (Lipinski definition) is 2. The van der Waals surface area contributed by atoms with Crippen molar-refractivity contribution in [3.63, 3.8) is 0 Å². The molecule has 1 aliphatic heterocycles. The van der Waals surface area contributed by atoms with Crippen molar-refractivity contribution in [1.82, 2.24) is 0 Å². The third-order valence-corrected chi connectivity index (χ3v) is 3.03. The maximum absolute atomic E-state index is 13.0. The van der Waals surface area contributed by atoms with Crippen LogP contribution in [0.15, 0.2) is 18.2 Å². The summed E-state index contributed by atoms with van der Waals surface area (Å²) >= 11 is 0. The van der Waals surface area contributed by atoms with Crippen LogP contribution in [0.25, 0.3) is 0 Å². The van der Waals surface area contributed by atoms with Crippen molar-refractivity contribution < 1.29 is 14.3 Å². The number of benzene rings is 1. The first-order chi connectivity index (χ1) is 7.56. The van der Waals surface area contributed by atoms with E-state index in [1.165, 1.54) is 12.1 Å². The molecule has 2 N–H and O–H groups in total. The van der Waals surface area contributed by atoms with E-state index in [1.807, 2.05) is 6.92 Å². The molecule has 0 saturated carbocycles. The summed E-state index contributed by atoms with van der Waals surface area (Å²) in [5.41, 5.74) is 1.85. The van der Waals surface area contributed by atoms with E-state index < -0.39 is 5.97 Å². The quantitative estimate of drug-likeness (QED) is 0.826. The normalized spacial score (nSPS) is 20.0. The molecule has 2 unspecified atom stereocenters. The number of aliphatic carboxylic acids is 1. The Labute approximate surface area is 93.3 Å². The van der Waals surface area contributed by atoms with Crippen molar-refractivity contribution in [2.24, 2.45) is 5.92 Å². The summed E-state index contributed by atoms with van der Waals surface area (Å²) in [4.78, 5) is 10.6. The van der Waals surface area contributed by atoms with Crippen LogP contribution in [0.1, 0.15) is 18.9 Å². The maximum Gasteiger partial charge on any atom is 0.303 e. The zero-order chi connectivity index (χ0) is 11.7. The third kappa shape index (κ3) is 2.15. The van der Waals surface area contributed by atoms with Crippen molar-refractivity contribution in [3.8, 4) is 0 Å². The lowest BCUT2D eigenvalue weighted by atomic mass is 9.96. The summed E-state index contributed by atoms with van der Waals surface area (Å²) in [6.07, 6.45) is 0.829. The highest BCUT2D eigenvalue weighted by Gasteiger charge is 2.26. The second kappa shape index (κ2) is 4.12. The number of nitrogens with one attached hydrogen (secondary N) is 1. The largest absolute Gasteiger partial charge is 0.481 e. The van der Waals surface area contributed by atoms with Gasteiger partial charge in [-0.3, -0.25) is 4.79 Å². The van der Waals surface area contributed by atoms with Crippen molar-refractivity contribution in [1.29, 1.82) is 0 Å². The molecule has 2 rings (SSSR count). The Bertz CT molecular complexity index is 419. The maximum atomic E-state index is 13.0. The molecule has 2 atom stereocenters. The Morgan fingerprint density at radius 3 is 3.12 bits per heavy atom. The Hall–Kier alpha value is -1.58. The zero-order valence-corrected chi connectivity index (χ0v) is 9.03. The van der Waals surface area contributed by atoms with E-state index in [4.69, 9.17) is 5.11 Å². The minimum absolute atomic E-state index is 0.0351. The van der Waals surface area contributed by atoms with Crippen LogP contribution in [-0.2, 0) is 11.2 Å². The van der Waals surface area contributed by atoms with Gasteiger partial charge in [-0.15, -0.1) is 0 Å². The third-order valence-electron chi connectivity index (χ3n) is 3.03. The Kier molecular flexibility index (Phi) is 2.81. The average Bonchev–Trinajstić information content (AvgIpc) is 2.59. The van der Waals surface area contributed by atoms with Gasteiger partial charge in [-0.1, -0.05) is 6.92 Å². The molecule has 4 heteroatoms. The van der Waals surface area contributed by atoms with Crippen LogP contribution in [0.5, 0.6) is 0 Å². The lowest BCUT2D eigenvalue weighted by Gasteiger charge is -2.17. The smallest absolute Gasteiger partial charge is 0.303 e. The van der Waals surface area contributed by atoms with Crippen LogP contribution in [0.4, 0.5) is 10.1 Å². The topological polar surface area (TPSA) is 49.3 Å². The van der Waals surface area contributed by atoms with Crippen molar-refractivity contribution in [2.75, 3.05) is 5.32 Å². The molecule has 1 aromatic carbocycles. The highest BCUT2D eigenvalue weighted by molar-refractivity contribution is 5.67. The summed E-state index contributed by atoms with van der Waals surface area (Å²) in [6.45, 7) is 1.90. The molecule has 0 aliphatic carbocycles. The predicted octanol–water partition coefficient (Wildman–Crippen LogP) is 2.27. The second-order valence-corrected chi connectivity index (χ2v) is 4.33. The first kappa shape index (κ1) is 10.9. The molecule has 86 valence electrons. The van der Waals surface area contributed by atoms with Gasteiger partial charge in [-0.2, -0.15) is 0 Å². The average molecular weight is 223 g/mol. The number of fused-ring (bicyclic) bond motifs is 1. The summed E-state index contributed by atoms with van der Waals surface area (Å²) in [5, 5.41) is 12.0. The van der Waals surface area contributed by atoms with E-state index in [-0.39, 0.29) is 24.2 Å². The van der Waals surface area contributed by atoms with Gasteiger partial charge in [0.15, 0.2) is 0 Å². The van der Waals surface area contributed by atoms with Gasteiger partial charge in [-0.25, -0.2) is 4.39 Å². The number of carboxylic acids is 1. The fourth-order valence-electron chi connectivity index (χ4n) is 2.12. The standard InChI is InChI=1S/C12H14FNO2/c1-7(4-12(15)16)11-6-8-5-9(13)2-3-10(8)14-11/h2-3,5,7,11,14H,4,6H2,1H3,(H,15,16). The molecule has 0 bridgehead atoms. The van der Waals surface area contributed by atoms with Gasteiger partial charge in [0.25, 0.3) is 0 Å². The Morgan fingerprint density at radius 2 is 2.44 bits per heavy atom. The number of rotatable bonds is 3. The van der Waals surface area contributed by atoms with Crippen LogP contribution in [0.3, 0.4) is 0 Å². The first-order valence-corrected chi connectivity index (χ1v) is 5.33. The van der Waals surface area contributed by atoms with Gasteiger partial charge >= 0.3 is 5.97 Å². The highest BCUT2D eigenvalue weighted by Crippen LogP contribution is 2.30. The predicted molar refractivity (Wildman–Crippen MR) is 58.9 cm³/mol. The molecular weight excluding hydrogens is 209 g/mol. The van der Waals surface area contributed by atoms with Crippen molar-refractivity contribution >= 4 is 11.7 Å². The zero-order valence-electron chi connectivity index (χ0n) is 9.03. The molecule has 0 fully saturated rings. The van der Waals surface area contributed by atoms with Crippen molar-refractivity contribution in [2.45, 2.75) is 25.8 Å². The lowest BCUT2D eigenvalue weighted by molar-refractivity contribution is -0.138. The molecule has 0 spiro atoms. The minimum Gasteiger partial charge on any atom is -0.481 e. The van der Waals surface area contributed by atoms with Gasteiger partial charge in [0.05, 0.1) is 0 Å². The van der Waals surface area contributed by atoms with E-state index in [1.54, 1.807) is 6.07 Å². The van der Waals surface area contributed by atoms with E-state index >= 15 is 0 Å². The van der Waals surface area contributed by atoms with E-state index in [0.717, 1.165) is 11.3 Å². The van der Waals surface area contributed by atoms with Crippen LogP contribution in [-0.4, -0.2) is 17.1 Å². The summed E-state index contributed by atoms with van der Waals surface area (Å²) in [7, 11) is 0. The lowest BCUT2D eigenvalue weighted by Crippen LogP contribution is -2.26. The Balaban J connectivity index is 2.07. The minimum atomic E-state index is -0.795. The summed E-state index contributed by atoms with van der Waals surface area (Å²) in [6, 6.07) is 4.72. The Morgan fingerprint density at radius 1 is 1.69 bits per heavy atom.